The Morgan fingerprint density at radius 1 is 0.230 bits per heavy atom. The van der Waals surface area contributed by atoms with Gasteiger partial charge in [-0.1, -0.05) is 206 Å². The van der Waals surface area contributed by atoms with E-state index < -0.39 is 0 Å². The van der Waals surface area contributed by atoms with Crippen molar-refractivity contribution in [3.63, 3.8) is 0 Å². The summed E-state index contributed by atoms with van der Waals surface area (Å²) < 4.78 is 0. The van der Waals surface area contributed by atoms with Gasteiger partial charge in [-0.15, -0.1) is 0 Å². The average Bonchev–Trinajstić information content (AvgIpc) is 3.81. The fourth-order valence-electron chi connectivity index (χ4n) is 10.0. The minimum Gasteiger partial charge on any atom is -0.228 e. The molecule has 0 unspecified atom stereocenters. The Kier molecular flexibility index (Phi) is 8.11. The molecule has 2 aliphatic rings. The second kappa shape index (κ2) is 14.1. The maximum absolute atomic E-state index is 5.41. The van der Waals surface area contributed by atoms with Gasteiger partial charge in [-0.2, -0.15) is 0 Å². The van der Waals surface area contributed by atoms with Crippen molar-refractivity contribution < 1.29 is 0 Å². The first-order chi connectivity index (χ1) is 30.2. The first-order valence-electron chi connectivity index (χ1n) is 21.0. The minimum atomic E-state index is -0.379. The molecule has 1 spiro atoms. The molecular weight excluding hydrogens is 737 g/mol. The highest BCUT2D eigenvalue weighted by Gasteiger charge is 2.51. The standard InChI is InChI=1S/C59H38N2/c1-3-17-39(18-4-1)41-21-15-23-44(35-41)56-38-57(61-58(60-56)45-24-16-22-42(36-45)40-19-5-2-6-20-40)50-29-8-7-25-46(50)43-33-34-55-51(37-43)49-28-11-14-32-54(49)59(55)52-30-12-9-26-47(52)48-27-10-13-31-53(48)59/h1-38H. The molecule has 0 amide bonds. The third kappa shape index (κ3) is 5.57. The molecule has 1 aromatic heterocycles. The van der Waals surface area contributed by atoms with Crippen LogP contribution in [0.25, 0.3) is 89.5 Å². The monoisotopic (exact) mass is 774 g/mol. The molecule has 10 aromatic rings. The predicted octanol–water partition coefficient (Wildman–Crippen LogP) is 14.8. The van der Waals surface area contributed by atoms with Gasteiger partial charge in [0.15, 0.2) is 5.82 Å². The lowest BCUT2D eigenvalue weighted by Crippen LogP contribution is -2.25. The topological polar surface area (TPSA) is 25.8 Å². The lowest BCUT2D eigenvalue weighted by molar-refractivity contribution is 0.794. The summed E-state index contributed by atoms with van der Waals surface area (Å²) in [5.41, 5.74) is 21.9. The molecule has 0 bridgehead atoms. The third-order valence-corrected chi connectivity index (χ3v) is 12.7. The van der Waals surface area contributed by atoms with Crippen LogP contribution < -0.4 is 0 Å². The summed E-state index contributed by atoms with van der Waals surface area (Å²) in [6.45, 7) is 0. The van der Waals surface area contributed by atoms with Crippen LogP contribution in [0.1, 0.15) is 22.3 Å². The normalized spacial score (nSPS) is 12.7. The number of fused-ring (bicyclic) bond motifs is 10. The van der Waals surface area contributed by atoms with Crippen molar-refractivity contribution in [3.8, 4) is 89.5 Å². The smallest absolute Gasteiger partial charge is 0.160 e. The van der Waals surface area contributed by atoms with Crippen LogP contribution in [0.2, 0.25) is 0 Å². The molecule has 0 N–H and O–H groups in total. The molecule has 61 heavy (non-hydrogen) atoms. The van der Waals surface area contributed by atoms with Crippen LogP contribution >= 0.6 is 0 Å². The fraction of sp³-hybridized carbons (Fsp3) is 0.0169. The van der Waals surface area contributed by atoms with Gasteiger partial charge in [0.05, 0.1) is 16.8 Å². The van der Waals surface area contributed by atoms with E-state index in [9.17, 15) is 0 Å². The highest BCUT2D eigenvalue weighted by Crippen LogP contribution is 2.63. The van der Waals surface area contributed by atoms with E-state index in [0.717, 1.165) is 55.9 Å². The summed E-state index contributed by atoms with van der Waals surface area (Å²) >= 11 is 0. The maximum atomic E-state index is 5.41. The highest BCUT2D eigenvalue weighted by molar-refractivity contribution is 5.97. The van der Waals surface area contributed by atoms with Gasteiger partial charge in [-0.25, -0.2) is 9.97 Å². The molecule has 0 atom stereocenters. The van der Waals surface area contributed by atoms with Crippen LogP contribution in [0.3, 0.4) is 0 Å². The SMILES string of the molecule is c1ccc(-c2cccc(-c3cc(-c4ccccc4-c4ccc5c(c4)-c4ccccc4C54c5ccccc5-c5ccccc54)nc(-c4cccc(-c5ccccc5)c4)n3)c2)cc1. The van der Waals surface area contributed by atoms with Crippen molar-refractivity contribution in [3.05, 3.63) is 253 Å². The number of benzene rings is 9. The lowest BCUT2D eigenvalue weighted by Gasteiger charge is -2.30. The molecule has 2 aliphatic carbocycles. The molecule has 9 aromatic carbocycles. The lowest BCUT2D eigenvalue weighted by atomic mass is 9.70. The summed E-state index contributed by atoms with van der Waals surface area (Å²) in [6.07, 6.45) is 0. The van der Waals surface area contributed by atoms with E-state index >= 15 is 0 Å². The average molecular weight is 775 g/mol. The third-order valence-electron chi connectivity index (χ3n) is 12.7. The van der Waals surface area contributed by atoms with Gasteiger partial charge >= 0.3 is 0 Å². The molecule has 0 aliphatic heterocycles. The molecule has 2 heteroatoms. The van der Waals surface area contributed by atoms with Crippen molar-refractivity contribution >= 4 is 0 Å². The van der Waals surface area contributed by atoms with Crippen LogP contribution in [0.4, 0.5) is 0 Å². The molecule has 1 heterocycles. The first kappa shape index (κ1) is 35.0. The van der Waals surface area contributed by atoms with E-state index in [1.807, 2.05) is 0 Å². The molecule has 0 fully saturated rings. The molecule has 2 nitrogen and oxygen atoms in total. The molecular formula is C59H38N2. The van der Waals surface area contributed by atoms with Crippen LogP contribution in [0.5, 0.6) is 0 Å². The molecule has 284 valence electrons. The van der Waals surface area contributed by atoms with E-state index in [1.165, 1.54) is 50.1 Å². The number of aromatic nitrogens is 2. The first-order valence-corrected chi connectivity index (χ1v) is 21.0. The van der Waals surface area contributed by atoms with Gasteiger partial charge in [-0.3, -0.25) is 0 Å². The summed E-state index contributed by atoms with van der Waals surface area (Å²) in [5, 5.41) is 0. The molecule has 0 radical (unpaired) electrons. The Morgan fingerprint density at radius 2 is 0.656 bits per heavy atom. The summed E-state index contributed by atoms with van der Waals surface area (Å²) in [6, 6.07) is 83.3. The van der Waals surface area contributed by atoms with Crippen LogP contribution in [-0.2, 0) is 5.41 Å². The van der Waals surface area contributed by atoms with E-state index in [4.69, 9.17) is 9.97 Å². The van der Waals surface area contributed by atoms with Crippen LogP contribution in [-0.4, -0.2) is 9.97 Å². The summed E-state index contributed by atoms with van der Waals surface area (Å²) in [4.78, 5) is 10.7. The van der Waals surface area contributed by atoms with Crippen molar-refractivity contribution in [1.82, 2.24) is 9.97 Å². The van der Waals surface area contributed by atoms with Gasteiger partial charge in [0.2, 0.25) is 0 Å². The summed E-state index contributed by atoms with van der Waals surface area (Å²) in [5.74, 6) is 0.689. The predicted molar refractivity (Wildman–Crippen MR) is 251 cm³/mol. The maximum Gasteiger partial charge on any atom is 0.160 e. The fourth-order valence-corrected chi connectivity index (χ4v) is 10.0. The Labute approximate surface area is 356 Å². The van der Waals surface area contributed by atoms with E-state index in [-0.39, 0.29) is 5.41 Å². The van der Waals surface area contributed by atoms with Gasteiger partial charge in [0, 0.05) is 16.7 Å². The van der Waals surface area contributed by atoms with Gasteiger partial charge in [-0.05, 0) is 102 Å². The number of nitrogens with zero attached hydrogens (tertiary/aromatic N) is 2. The zero-order valence-corrected chi connectivity index (χ0v) is 33.3. The van der Waals surface area contributed by atoms with Crippen LogP contribution in [0, 0.1) is 0 Å². The zero-order valence-electron chi connectivity index (χ0n) is 33.3. The van der Waals surface area contributed by atoms with Crippen LogP contribution in [0.15, 0.2) is 231 Å². The molecule has 0 saturated carbocycles. The highest BCUT2D eigenvalue weighted by atomic mass is 14.9. The van der Waals surface area contributed by atoms with Crippen molar-refractivity contribution in [2.24, 2.45) is 0 Å². The minimum absolute atomic E-state index is 0.379. The second-order valence-corrected chi connectivity index (χ2v) is 16.0. The van der Waals surface area contributed by atoms with Crippen molar-refractivity contribution in [2.75, 3.05) is 0 Å². The van der Waals surface area contributed by atoms with Crippen molar-refractivity contribution in [2.45, 2.75) is 5.41 Å². The van der Waals surface area contributed by atoms with Gasteiger partial charge in [0.25, 0.3) is 0 Å². The Hall–Kier alpha value is -7.94. The molecule has 0 saturated heterocycles. The quantitative estimate of drug-likeness (QED) is 0.168. The van der Waals surface area contributed by atoms with E-state index in [2.05, 4.69) is 231 Å². The summed E-state index contributed by atoms with van der Waals surface area (Å²) in [7, 11) is 0. The Morgan fingerprint density at radius 3 is 1.26 bits per heavy atom. The zero-order chi connectivity index (χ0) is 40.3. The largest absolute Gasteiger partial charge is 0.228 e. The number of hydrogen-bond donors (Lipinski definition) is 0. The van der Waals surface area contributed by atoms with Crippen molar-refractivity contribution in [1.29, 1.82) is 0 Å². The van der Waals surface area contributed by atoms with E-state index in [0.29, 0.717) is 5.82 Å². The number of hydrogen-bond acceptors (Lipinski definition) is 2. The number of rotatable bonds is 6. The molecule has 12 rings (SSSR count). The van der Waals surface area contributed by atoms with Gasteiger partial charge in [0.1, 0.15) is 0 Å². The van der Waals surface area contributed by atoms with E-state index in [1.54, 1.807) is 0 Å². The van der Waals surface area contributed by atoms with Gasteiger partial charge < -0.3 is 0 Å². The second-order valence-electron chi connectivity index (χ2n) is 16.0. The Bertz CT molecular complexity index is 3160. The Balaban J connectivity index is 1.04.